The number of carboxylic acid groups (broad SMARTS) is 2. The first-order valence-electron chi connectivity index (χ1n) is 4.44. The van der Waals surface area contributed by atoms with Crippen LogP contribution in [-0.4, -0.2) is 103 Å². The third-order valence-corrected chi connectivity index (χ3v) is 2.02. The van der Waals surface area contributed by atoms with Crippen molar-refractivity contribution in [2.75, 3.05) is 0 Å². The number of hydrogen-bond donors (Lipinski definition) is 2. The van der Waals surface area contributed by atoms with Crippen molar-refractivity contribution in [1.82, 2.24) is 0 Å². The number of carbonyl (C=O) groups is 2. The Hall–Kier alpha value is 1.58. The van der Waals surface area contributed by atoms with Crippen LogP contribution in [0.4, 0.5) is 0 Å². The predicted molar refractivity (Wildman–Crippen MR) is 61.7 cm³/mol. The molecule has 0 saturated carbocycles. The minimum atomic E-state index is -1.25. The average Bonchev–Trinajstić information content (AvgIpc) is 1.99. The molecule has 0 amide bonds. The summed E-state index contributed by atoms with van der Waals surface area (Å²) in [5.41, 5.74) is 0. The fraction of sp³-hybridized carbons (Fsp3) is 0.778. The Morgan fingerprint density at radius 3 is 1.87 bits per heavy atom. The van der Waals surface area contributed by atoms with Crippen LogP contribution in [-0.2, 0) is 9.59 Å². The molecule has 80 valence electrons. The van der Waals surface area contributed by atoms with E-state index in [0.29, 0.717) is 0 Å². The summed E-state index contributed by atoms with van der Waals surface area (Å²) < 4.78 is 0. The van der Waals surface area contributed by atoms with Crippen LogP contribution in [0.3, 0.4) is 0 Å². The van der Waals surface area contributed by atoms with Crippen LogP contribution in [0.2, 0.25) is 0 Å². The van der Waals surface area contributed by atoms with Gasteiger partial charge in [0.25, 0.3) is 0 Å². The Labute approximate surface area is 155 Å². The first kappa shape index (κ1) is 21.8. The van der Waals surface area contributed by atoms with Gasteiger partial charge < -0.3 is 10.2 Å². The summed E-state index contributed by atoms with van der Waals surface area (Å²) in [6, 6.07) is 0. The number of carboxylic acids is 2. The molecule has 0 aliphatic rings. The van der Waals surface area contributed by atoms with E-state index in [1.54, 1.807) is 0 Å². The Bertz CT molecular complexity index is 185. The van der Waals surface area contributed by atoms with Crippen LogP contribution >= 0.6 is 0 Å². The van der Waals surface area contributed by atoms with Gasteiger partial charge in [-0.15, -0.1) is 0 Å². The van der Waals surface area contributed by atoms with Gasteiger partial charge in [-0.25, -0.2) is 0 Å². The normalized spacial score (nSPS) is 11.1. The van der Waals surface area contributed by atoms with E-state index in [1.807, 2.05) is 13.8 Å². The van der Waals surface area contributed by atoms with Crippen LogP contribution < -0.4 is 0 Å². The van der Waals surface area contributed by atoms with Gasteiger partial charge in [-0.2, -0.15) is 0 Å². The third kappa shape index (κ3) is 10.4. The number of aliphatic carboxylic acids is 2. The molecule has 4 nitrogen and oxygen atoms in total. The Morgan fingerprint density at radius 2 is 1.60 bits per heavy atom. The number of hydrogen-bond acceptors (Lipinski definition) is 2. The maximum absolute atomic E-state index is 10.5. The zero-order valence-corrected chi connectivity index (χ0v) is 7.99. The van der Waals surface area contributed by atoms with E-state index < -0.39 is 17.9 Å². The van der Waals surface area contributed by atoms with Crippen LogP contribution in [0, 0.1) is 11.8 Å². The van der Waals surface area contributed by atoms with E-state index >= 15 is 0 Å². The molecule has 0 bridgehead atoms. The van der Waals surface area contributed by atoms with Crippen molar-refractivity contribution in [3.05, 3.63) is 0 Å². The van der Waals surface area contributed by atoms with E-state index in [-0.39, 0.29) is 93.3 Å². The summed E-state index contributed by atoms with van der Waals surface area (Å²) in [7, 11) is 0. The molecule has 0 saturated heterocycles. The first-order chi connectivity index (χ1) is 5.99. The second kappa shape index (κ2) is 12.0. The molecular formula is C9H18KNaO4. The van der Waals surface area contributed by atoms with Crippen molar-refractivity contribution >= 4 is 92.9 Å². The van der Waals surface area contributed by atoms with E-state index in [4.69, 9.17) is 10.2 Å². The van der Waals surface area contributed by atoms with Crippen molar-refractivity contribution in [3.8, 4) is 0 Å². The first-order valence-corrected chi connectivity index (χ1v) is 4.44. The zero-order valence-electron chi connectivity index (χ0n) is 7.99. The van der Waals surface area contributed by atoms with Gasteiger partial charge in [0.05, 0.1) is 0 Å². The van der Waals surface area contributed by atoms with Gasteiger partial charge >= 0.3 is 92.9 Å². The molecule has 0 aliphatic carbocycles. The molecule has 1 atom stereocenters. The quantitative estimate of drug-likeness (QED) is 0.527. The van der Waals surface area contributed by atoms with Gasteiger partial charge in [-0.1, -0.05) is 26.7 Å². The zero-order chi connectivity index (χ0) is 10.4. The molecule has 0 aromatic carbocycles. The van der Waals surface area contributed by atoms with Crippen molar-refractivity contribution in [2.24, 2.45) is 11.8 Å². The van der Waals surface area contributed by atoms with Crippen molar-refractivity contribution in [1.29, 1.82) is 0 Å². The molecule has 0 heterocycles. The van der Waals surface area contributed by atoms with Gasteiger partial charge in [-0.05, 0) is 12.3 Å². The summed E-state index contributed by atoms with van der Waals surface area (Å²) >= 11 is 0. The van der Waals surface area contributed by atoms with E-state index in [1.165, 1.54) is 0 Å². The van der Waals surface area contributed by atoms with E-state index in [9.17, 15) is 9.59 Å². The molecule has 0 fully saturated rings. The molecule has 0 spiro atoms. The van der Waals surface area contributed by atoms with Gasteiger partial charge in [0, 0.05) is 0 Å². The van der Waals surface area contributed by atoms with Crippen LogP contribution in [0.1, 0.15) is 33.1 Å². The standard InChI is InChI=1S/C9H16O4.K.Na.2H/c1-3-4-6(2)5-7(8(10)11)9(12)13;;;;/h6-7H,3-5H2,1-2H3,(H,10,11)(H,12,13);;;;. The fourth-order valence-corrected chi connectivity index (χ4v) is 1.32. The van der Waals surface area contributed by atoms with Crippen LogP contribution in [0.15, 0.2) is 0 Å². The fourth-order valence-electron chi connectivity index (χ4n) is 1.32. The summed E-state index contributed by atoms with van der Waals surface area (Å²) in [6.45, 7) is 3.87. The minimum absolute atomic E-state index is 0. The van der Waals surface area contributed by atoms with Crippen LogP contribution in [0.5, 0.6) is 0 Å². The maximum atomic E-state index is 10.5. The summed E-state index contributed by atoms with van der Waals surface area (Å²) in [4.78, 5) is 21.0. The second-order valence-electron chi connectivity index (χ2n) is 3.36. The Morgan fingerprint density at radius 1 is 1.20 bits per heavy atom. The average molecular weight is 252 g/mol. The molecule has 0 aliphatic heterocycles. The topological polar surface area (TPSA) is 74.6 Å². The molecule has 6 heteroatoms. The molecule has 0 radical (unpaired) electrons. The predicted octanol–water partition coefficient (Wildman–Crippen LogP) is 0.301. The second-order valence-corrected chi connectivity index (χ2v) is 3.36. The third-order valence-electron chi connectivity index (χ3n) is 2.02. The molecule has 1 unspecified atom stereocenters. The van der Waals surface area contributed by atoms with Crippen LogP contribution in [0.25, 0.3) is 0 Å². The van der Waals surface area contributed by atoms with Gasteiger partial charge in [0.15, 0.2) is 5.92 Å². The Balaban J connectivity index is -0.000000720. The molecule has 0 aromatic heterocycles. The molecule has 15 heavy (non-hydrogen) atoms. The van der Waals surface area contributed by atoms with Crippen molar-refractivity contribution in [3.63, 3.8) is 0 Å². The monoisotopic (exact) mass is 252 g/mol. The van der Waals surface area contributed by atoms with E-state index in [0.717, 1.165) is 12.8 Å². The van der Waals surface area contributed by atoms with Crippen molar-refractivity contribution in [2.45, 2.75) is 33.1 Å². The SMILES string of the molecule is CCCC(C)CC(C(=O)O)C(=O)O.[KH].[NaH]. The van der Waals surface area contributed by atoms with Gasteiger partial charge in [-0.3, -0.25) is 9.59 Å². The Kier molecular flexibility index (Phi) is 17.5. The molecule has 0 aromatic rings. The van der Waals surface area contributed by atoms with E-state index in [2.05, 4.69) is 0 Å². The van der Waals surface area contributed by atoms with Gasteiger partial charge in [0.1, 0.15) is 0 Å². The molecule has 0 rings (SSSR count). The van der Waals surface area contributed by atoms with Gasteiger partial charge in [0.2, 0.25) is 0 Å². The molecular weight excluding hydrogens is 234 g/mol. The summed E-state index contributed by atoms with van der Waals surface area (Å²) in [5, 5.41) is 17.2. The summed E-state index contributed by atoms with van der Waals surface area (Å²) in [6.07, 6.45) is 2.04. The molecule has 2 N–H and O–H groups in total. The summed E-state index contributed by atoms with van der Waals surface area (Å²) in [5.74, 6) is -3.57. The number of rotatable bonds is 6. The van der Waals surface area contributed by atoms with Crippen molar-refractivity contribution < 1.29 is 19.8 Å².